The predicted octanol–water partition coefficient (Wildman–Crippen LogP) is 1.76. The number of carbonyl (C=O) groups is 1. The van der Waals surface area contributed by atoms with Crippen molar-refractivity contribution in [3.05, 3.63) is 47.7 Å². The van der Waals surface area contributed by atoms with Crippen LogP contribution in [-0.4, -0.2) is 15.9 Å². The number of aromatic nitrogens is 2. The van der Waals surface area contributed by atoms with Crippen molar-refractivity contribution < 1.29 is 9.18 Å². The molecule has 3 N–H and O–H groups in total. The summed E-state index contributed by atoms with van der Waals surface area (Å²) in [5, 5.41) is 2.56. The number of anilines is 2. The van der Waals surface area contributed by atoms with Crippen molar-refractivity contribution in [3.8, 4) is 0 Å². The normalized spacial score (nSPS) is 10.1. The molecule has 0 aliphatic heterocycles. The number of nitrogens with two attached hydrogens (primary N) is 1. The van der Waals surface area contributed by atoms with E-state index in [0.29, 0.717) is 16.9 Å². The molecule has 0 unspecified atom stereocenters. The van der Waals surface area contributed by atoms with Crippen LogP contribution in [0.3, 0.4) is 0 Å². The lowest BCUT2D eigenvalue weighted by atomic mass is 10.1. The Kier molecular flexibility index (Phi) is 3.18. The van der Waals surface area contributed by atoms with Crippen molar-refractivity contribution in [1.82, 2.24) is 9.97 Å². The summed E-state index contributed by atoms with van der Waals surface area (Å²) in [7, 11) is 0. The van der Waals surface area contributed by atoms with Gasteiger partial charge in [0.2, 0.25) is 0 Å². The molecule has 1 amide bonds. The molecular formula is C12H11FN4O. The van der Waals surface area contributed by atoms with Crippen LogP contribution in [0.1, 0.15) is 15.9 Å². The van der Waals surface area contributed by atoms with E-state index in [4.69, 9.17) is 5.73 Å². The number of nitrogens with one attached hydrogen (secondary N) is 1. The van der Waals surface area contributed by atoms with E-state index in [1.807, 2.05) is 0 Å². The fourth-order valence-corrected chi connectivity index (χ4v) is 1.48. The minimum absolute atomic E-state index is 0.0649. The lowest BCUT2D eigenvalue weighted by molar-refractivity contribution is 0.102. The average molecular weight is 246 g/mol. The van der Waals surface area contributed by atoms with Gasteiger partial charge in [-0.3, -0.25) is 9.78 Å². The highest BCUT2D eigenvalue weighted by atomic mass is 19.1. The molecule has 1 aromatic heterocycles. The Hall–Kier alpha value is -2.50. The number of hydrogen-bond donors (Lipinski definition) is 2. The maximum atomic E-state index is 13.2. The Labute approximate surface area is 103 Å². The number of benzene rings is 1. The number of rotatable bonds is 2. The molecule has 5 nitrogen and oxygen atoms in total. The molecule has 0 bridgehead atoms. The number of amides is 1. The molecule has 6 heteroatoms. The van der Waals surface area contributed by atoms with E-state index in [9.17, 15) is 9.18 Å². The van der Waals surface area contributed by atoms with Gasteiger partial charge < -0.3 is 11.1 Å². The summed E-state index contributed by atoms with van der Waals surface area (Å²) in [5.41, 5.74) is 6.18. The van der Waals surface area contributed by atoms with Crippen LogP contribution in [0.15, 0.2) is 30.7 Å². The Morgan fingerprint density at radius 1 is 1.39 bits per heavy atom. The van der Waals surface area contributed by atoms with E-state index in [1.54, 1.807) is 6.92 Å². The molecule has 2 rings (SSSR count). The zero-order valence-electron chi connectivity index (χ0n) is 9.64. The molecule has 0 spiro atoms. The van der Waals surface area contributed by atoms with Crippen LogP contribution in [0.2, 0.25) is 0 Å². The third-order valence-corrected chi connectivity index (χ3v) is 2.39. The van der Waals surface area contributed by atoms with Gasteiger partial charge in [0, 0.05) is 18.0 Å². The summed E-state index contributed by atoms with van der Waals surface area (Å²) in [4.78, 5) is 19.7. The van der Waals surface area contributed by atoms with Crippen LogP contribution in [0.25, 0.3) is 0 Å². The van der Waals surface area contributed by atoms with Gasteiger partial charge in [-0.25, -0.2) is 9.37 Å². The molecule has 0 saturated heterocycles. The standard InChI is InChI=1S/C12H11FN4O/c1-7-4-9(13)10(14)5-8(7)12(18)17-11-6-15-2-3-16-11/h2-6H,14H2,1H3,(H,16,17,18). The highest BCUT2D eigenvalue weighted by molar-refractivity contribution is 6.05. The first-order chi connectivity index (χ1) is 8.58. The number of carbonyl (C=O) groups excluding carboxylic acids is 1. The number of nitrogens with zero attached hydrogens (tertiary/aromatic N) is 2. The highest BCUT2D eigenvalue weighted by Crippen LogP contribution is 2.18. The van der Waals surface area contributed by atoms with Gasteiger partial charge in [0.05, 0.1) is 11.9 Å². The Balaban J connectivity index is 2.27. The van der Waals surface area contributed by atoms with E-state index in [1.165, 1.54) is 30.7 Å². The predicted molar refractivity (Wildman–Crippen MR) is 65.5 cm³/mol. The first-order valence-corrected chi connectivity index (χ1v) is 5.21. The van der Waals surface area contributed by atoms with Gasteiger partial charge in [0.1, 0.15) is 5.82 Å². The van der Waals surface area contributed by atoms with Crippen molar-refractivity contribution >= 4 is 17.4 Å². The fraction of sp³-hybridized carbons (Fsp3) is 0.0833. The van der Waals surface area contributed by atoms with Crippen LogP contribution in [0.5, 0.6) is 0 Å². The van der Waals surface area contributed by atoms with Crippen LogP contribution in [0, 0.1) is 12.7 Å². The molecule has 0 aliphatic carbocycles. The van der Waals surface area contributed by atoms with Crippen LogP contribution in [-0.2, 0) is 0 Å². The minimum Gasteiger partial charge on any atom is -0.396 e. The zero-order chi connectivity index (χ0) is 13.1. The zero-order valence-corrected chi connectivity index (χ0v) is 9.64. The second-order valence-corrected chi connectivity index (χ2v) is 3.73. The van der Waals surface area contributed by atoms with Gasteiger partial charge in [-0.1, -0.05) is 0 Å². The molecule has 0 fully saturated rings. The van der Waals surface area contributed by atoms with Crippen LogP contribution >= 0.6 is 0 Å². The van der Waals surface area contributed by atoms with E-state index in [0.717, 1.165) is 0 Å². The number of halogens is 1. The Morgan fingerprint density at radius 3 is 2.83 bits per heavy atom. The minimum atomic E-state index is -0.538. The smallest absolute Gasteiger partial charge is 0.257 e. The fourth-order valence-electron chi connectivity index (χ4n) is 1.48. The molecule has 0 saturated carbocycles. The van der Waals surface area contributed by atoms with Gasteiger partial charge in [0.25, 0.3) is 5.91 Å². The number of nitrogen functional groups attached to an aromatic ring is 1. The first-order valence-electron chi connectivity index (χ1n) is 5.21. The molecular weight excluding hydrogens is 235 g/mol. The third-order valence-electron chi connectivity index (χ3n) is 2.39. The van der Waals surface area contributed by atoms with Crippen molar-refractivity contribution in [2.75, 3.05) is 11.1 Å². The summed E-state index contributed by atoms with van der Waals surface area (Å²) in [6.45, 7) is 1.63. The van der Waals surface area contributed by atoms with Crippen molar-refractivity contribution in [1.29, 1.82) is 0 Å². The second-order valence-electron chi connectivity index (χ2n) is 3.73. The Bertz CT molecular complexity index is 586. The van der Waals surface area contributed by atoms with Crippen molar-refractivity contribution in [2.45, 2.75) is 6.92 Å². The van der Waals surface area contributed by atoms with Gasteiger partial charge in [-0.15, -0.1) is 0 Å². The molecule has 18 heavy (non-hydrogen) atoms. The maximum absolute atomic E-state index is 13.2. The third kappa shape index (κ3) is 2.42. The monoisotopic (exact) mass is 246 g/mol. The van der Waals surface area contributed by atoms with Crippen LogP contribution in [0.4, 0.5) is 15.9 Å². The van der Waals surface area contributed by atoms with Gasteiger partial charge in [-0.05, 0) is 24.6 Å². The largest absolute Gasteiger partial charge is 0.396 e. The maximum Gasteiger partial charge on any atom is 0.257 e. The second kappa shape index (κ2) is 4.79. The summed E-state index contributed by atoms with van der Waals surface area (Å²) >= 11 is 0. The molecule has 0 aliphatic rings. The Morgan fingerprint density at radius 2 is 2.17 bits per heavy atom. The van der Waals surface area contributed by atoms with Gasteiger partial charge >= 0.3 is 0 Å². The topological polar surface area (TPSA) is 80.9 Å². The van der Waals surface area contributed by atoms with Crippen molar-refractivity contribution in [3.63, 3.8) is 0 Å². The molecule has 1 aromatic carbocycles. The molecule has 1 heterocycles. The molecule has 92 valence electrons. The van der Waals surface area contributed by atoms with Gasteiger partial charge in [0.15, 0.2) is 5.82 Å². The lowest BCUT2D eigenvalue weighted by Gasteiger charge is -2.08. The molecule has 0 radical (unpaired) electrons. The molecule has 2 aromatic rings. The number of hydrogen-bond acceptors (Lipinski definition) is 4. The SMILES string of the molecule is Cc1cc(F)c(N)cc1C(=O)Nc1cnccn1. The van der Waals surface area contributed by atoms with Crippen LogP contribution < -0.4 is 11.1 Å². The number of aryl methyl sites for hydroxylation is 1. The van der Waals surface area contributed by atoms with E-state index in [2.05, 4.69) is 15.3 Å². The van der Waals surface area contributed by atoms with Gasteiger partial charge in [-0.2, -0.15) is 0 Å². The van der Waals surface area contributed by atoms with Crippen molar-refractivity contribution in [2.24, 2.45) is 0 Å². The summed E-state index contributed by atoms with van der Waals surface area (Å²) in [6, 6.07) is 2.53. The summed E-state index contributed by atoms with van der Waals surface area (Å²) in [6.07, 6.45) is 4.37. The quantitative estimate of drug-likeness (QED) is 0.791. The average Bonchev–Trinajstić information content (AvgIpc) is 2.35. The van der Waals surface area contributed by atoms with E-state index in [-0.39, 0.29) is 5.69 Å². The summed E-state index contributed by atoms with van der Waals surface area (Å²) in [5.74, 6) is -0.618. The highest BCUT2D eigenvalue weighted by Gasteiger charge is 2.12. The summed E-state index contributed by atoms with van der Waals surface area (Å²) < 4.78 is 13.2. The lowest BCUT2D eigenvalue weighted by Crippen LogP contribution is -2.15. The first kappa shape index (κ1) is 12.0. The molecule has 0 atom stereocenters. The van der Waals surface area contributed by atoms with E-state index < -0.39 is 11.7 Å². The van der Waals surface area contributed by atoms with E-state index >= 15 is 0 Å².